The van der Waals surface area contributed by atoms with Gasteiger partial charge >= 0.3 is 0 Å². The average Bonchev–Trinajstić information content (AvgIpc) is 1.88. The zero-order chi connectivity index (χ0) is 6.69. The maximum Gasteiger partial charge on any atom is 0.188 e. The van der Waals surface area contributed by atoms with Gasteiger partial charge in [-0.1, -0.05) is 0 Å². The monoisotopic (exact) mass is 128 g/mol. The summed E-state index contributed by atoms with van der Waals surface area (Å²) < 4.78 is 0. The quantitative estimate of drug-likeness (QED) is 0.359. The Morgan fingerprint density at radius 3 is 3.00 bits per heavy atom. The molecule has 0 aliphatic carbocycles. The van der Waals surface area contributed by atoms with Crippen molar-refractivity contribution in [1.82, 2.24) is 10.6 Å². The van der Waals surface area contributed by atoms with Gasteiger partial charge < -0.3 is 16.4 Å². The highest BCUT2D eigenvalue weighted by Gasteiger charge is 2.11. The molecule has 0 spiro atoms. The second kappa shape index (κ2) is 2.68. The van der Waals surface area contributed by atoms with Crippen molar-refractivity contribution in [2.45, 2.75) is 12.5 Å². The molecule has 0 aromatic carbocycles. The van der Waals surface area contributed by atoms with Crippen LogP contribution in [0.15, 0.2) is 0 Å². The number of rotatable bonds is 1. The van der Waals surface area contributed by atoms with Crippen LogP contribution in [0.1, 0.15) is 6.42 Å². The maximum atomic E-state index is 7.14. The summed E-state index contributed by atoms with van der Waals surface area (Å²) in [6.07, 6.45) is 1.01. The first-order chi connectivity index (χ1) is 4.33. The topological polar surface area (TPSA) is 73.9 Å². The maximum absolute atomic E-state index is 7.14. The van der Waals surface area contributed by atoms with Gasteiger partial charge in [0.15, 0.2) is 5.96 Å². The molecule has 0 bridgehead atoms. The van der Waals surface area contributed by atoms with E-state index in [1.54, 1.807) is 0 Å². The largest absolute Gasteiger partial charge is 0.357 e. The normalized spacial score (nSPS) is 26.8. The second-order valence-corrected chi connectivity index (χ2v) is 2.17. The zero-order valence-electron chi connectivity index (χ0n) is 5.28. The Morgan fingerprint density at radius 1 is 1.78 bits per heavy atom. The molecule has 4 nitrogen and oxygen atoms in total. The van der Waals surface area contributed by atoms with E-state index in [-0.39, 0.29) is 0 Å². The zero-order valence-corrected chi connectivity index (χ0v) is 5.28. The van der Waals surface area contributed by atoms with Crippen LogP contribution in [0.3, 0.4) is 0 Å². The van der Waals surface area contributed by atoms with E-state index in [1.165, 1.54) is 0 Å². The van der Waals surface area contributed by atoms with E-state index >= 15 is 0 Å². The predicted molar refractivity (Wildman–Crippen MR) is 36.3 cm³/mol. The van der Waals surface area contributed by atoms with Gasteiger partial charge in [-0.15, -0.1) is 0 Å². The Morgan fingerprint density at radius 2 is 2.56 bits per heavy atom. The summed E-state index contributed by atoms with van der Waals surface area (Å²) in [5, 5.41) is 12.9. The molecule has 0 aromatic rings. The molecule has 1 rings (SSSR count). The van der Waals surface area contributed by atoms with E-state index < -0.39 is 0 Å². The molecule has 0 aromatic heterocycles. The van der Waals surface area contributed by atoms with Crippen molar-refractivity contribution < 1.29 is 0 Å². The minimum Gasteiger partial charge on any atom is -0.357 e. The highest BCUT2D eigenvalue weighted by molar-refractivity contribution is 5.77. The van der Waals surface area contributed by atoms with Crippen molar-refractivity contribution in [2.24, 2.45) is 5.73 Å². The van der Waals surface area contributed by atoms with Gasteiger partial charge in [0, 0.05) is 19.1 Å². The van der Waals surface area contributed by atoms with Gasteiger partial charge in [0.05, 0.1) is 0 Å². The molecule has 1 aliphatic heterocycles. The van der Waals surface area contributed by atoms with Gasteiger partial charge in [-0.3, -0.25) is 5.41 Å². The summed E-state index contributed by atoms with van der Waals surface area (Å²) in [7, 11) is 0. The SMILES string of the molecule is N=C1NCCC(CN)N1. The molecule has 0 amide bonds. The van der Waals surface area contributed by atoms with Gasteiger partial charge in [0.2, 0.25) is 0 Å². The molecule has 4 heteroatoms. The lowest BCUT2D eigenvalue weighted by atomic mass is 10.2. The molecular formula is C5H12N4. The van der Waals surface area contributed by atoms with Crippen LogP contribution in [-0.4, -0.2) is 25.1 Å². The van der Waals surface area contributed by atoms with Gasteiger partial charge in [-0.2, -0.15) is 0 Å². The molecule has 1 aliphatic rings. The Kier molecular flexibility index (Phi) is 1.89. The van der Waals surface area contributed by atoms with Crippen molar-refractivity contribution >= 4 is 5.96 Å². The first-order valence-electron chi connectivity index (χ1n) is 3.12. The summed E-state index contributed by atoms with van der Waals surface area (Å²) in [4.78, 5) is 0. The molecule has 1 unspecified atom stereocenters. The number of guanidine groups is 1. The molecular weight excluding hydrogens is 116 g/mol. The highest BCUT2D eigenvalue weighted by Crippen LogP contribution is 1.91. The van der Waals surface area contributed by atoms with Crippen molar-refractivity contribution in [1.29, 1.82) is 5.41 Å². The Bertz CT molecular complexity index is 112. The first-order valence-corrected chi connectivity index (χ1v) is 3.12. The third kappa shape index (κ3) is 1.57. The molecule has 0 saturated carbocycles. The van der Waals surface area contributed by atoms with E-state index in [1.807, 2.05) is 0 Å². The summed E-state index contributed by atoms with van der Waals surface area (Å²) in [6.45, 7) is 1.48. The minimum absolute atomic E-state index is 0.304. The Hall–Kier alpha value is -0.770. The summed E-state index contributed by atoms with van der Waals surface area (Å²) >= 11 is 0. The Labute approximate surface area is 54.3 Å². The van der Waals surface area contributed by atoms with Gasteiger partial charge in [0.1, 0.15) is 0 Å². The number of hydrogen-bond donors (Lipinski definition) is 4. The van der Waals surface area contributed by atoms with Crippen LogP contribution in [0.4, 0.5) is 0 Å². The van der Waals surface area contributed by atoms with Crippen LogP contribution in [0, 0.1) is 5.41 Å². The van der Waals surface area contributed by atoms with Crippen LogP contribution in [0.5, 0.6) is 0 Å². The molecule has 1 saturated heterocycles. The molecule has 9 heavy (non-hydrogen) atoms. The Balaban J connectivity index is 2.32. The lowest BCUT2D eigenvalue weighted by molar-refractivity contribution is 0.513. The van der Waals surface area contributed by atoms with Crippen LogP contribution in [0.25, 0.3) is 0 Å². The average molecular weight is 128 g/mol. The highest BCUT2D eigenvalue weighted by atomic mass is 15.2. The van der Waals surface area contributed by atoms with Crippen LogP contribution < -0.4 is 16.4 Å². The molecule has 1 atom stereocenters. The van der Waals surface area contributed by atoms with Gasteiger partial charge in [-0.05, 0) is 6.42 Å². The van der Waals surface area contributed by atoms with Crippen molar-refractivity contribution in [3.63, 3.8) is 0 Å². The second-order valence-electron chi connectivity index (χ2n) is 2.17. The van der Waals surface area contributed by atoms with E-state index in [9.17, 15) is 0 Å². The first kappa shape index (κ1) is 6.35. The van der Waals surface area contributed by atoms with E-state index in [4.69, 9.17) is 11.1 Å². The number of nitrogens with two attached hydrogens (primary N) is 1. The van der Waals surface area contributed by atoms with Crippen molar-refractivity contribution in [3.8, 4) is 0 Å². The molecule has 52 valence electrons. The third-order valence-corrected chi connectivity index (χ3v) is 1.43. The third-order valence-electron chi connectivity index (χ3n) is 1.43. The lowest BCUT2D eigenvalue weighted by Crippen LogP contribution is -2.52. The van der Waals surface area contributed by atoms with E-state index in [0.717, 1.165) is 13.0 Å². The summed E-state index contributed by atoms with van der Waals surface area (Å²) in [6, 6.07) is 0.304. The van der Waals surface area contributed by atoms with Crippen molar-refractivity contribution in [2.75, 3.05) is 13.1 Å². The van der Waals surface area contributed by atoms with Crippen LogP contribution in [-0.2, 0) is 0 Å². The van der Waals surface area contributed by atoms with Crippen LogP contribution in [0.2, 0.25) is 0 Å². The summed E-state index contributed by atoms with van der Waals surface area (Å²) in [5.74, 6) is 0.400. The molecule has 1 heterocycles. The molecule has 0 radical (unpaired) electrons. The van der Waals surface area contributed by atoms with Gasteiger partial charge in [-0.25, -0.2) is 0 Å². The fourth-order valence-corrected chi connectivity index (χ4v) is 0.876. The smallest absolute Gasteiger partial charge is 0.188 e. The standard InChI is InChI=1S/C5H12N4/c6-3-4-1-2-8-5(7)9-4/h4H,1-3,6H2,(H3,7,8,9). The fraction of sp³-hybridized carbons (Fsp3) is 0.800. The van der Waals surface area contributed by atoms with Crippen molar-refractivity contribution in [3.05, 3.63) is 0 Å². The number of hydrogen-bond acceptors (Lipinski definition) is 2. The van der Waals surface area contributed by atoms with E-state index in [2.05, 4.69) is 10.6 Å². The fourth-order valence-electron chi connectivity index (χ4n) is 0.876. The lowest BCUT2D eigenvalue weighted by Gasteiger charge is -2.24. The minimum atomic E-state index is 0.304. The predicted octanol–water partition coefficient (Wildman–Crippen LogP) is -1.17. The van der Waals surface area contributed by atoms with E-state index in [0.29, 0.717) is 18.5 Å². The van der Waals surface area contributed by atoms with Gasteiger partial charge in [0.25, 0.3) is 0 Å². The number of nitrogens with one attached hydrogen (secondary N) is 3. The molecule has 1 fully saturated rings. The molecule has 5 N–H and O–H groups in total. The summed E-state index contributed by atoms with van der Waals surface area (Å²) in [5.41, 5.74) is 5.38. The van der Waals surface area contributed by atoms with Crippen LogP contribution >= 0.6 is 0 Å².